The van der Waals surface area contributed by atoms with Crippen molar-refractivity contribution in [3.05, 3.63) is 71.7 Å². The molecule has 0 aliphatic carbocycles. The largest absolute Gasteiger partial charge is 0.481 e. The number of benzene rings is 1. The van der Waals surface area contributed by atoms with E-state index in [-0.39, 0.29) is 61.3 Å². The number of ether oxygens (including phenoxy) is 4. The van der Waals surface area contributed by atoms with Crippen LogP contribution >= 0.6 is 0 Å². The van der Waals surface area contributed by atoms with Crippen molar-refractivity contribution < 1.29 is 66.6 Å². The lowest BCUT2D eigenvalue weighted by atomic mass is 9.90. The van der Waals surface area contributed by atoms with Crippen LogP contribution in [-0.2, 0) is 43.0 Å². The van der Waals surface area contributed by atoms with Crippen molar-refractivity contribution in [1.82, 2.24) is 26.0 Å². The Labute approximate surface area is 391 Å². The molecule has 0 aliphatic heterocycles. The predicted octanol–water partition coefficient (Wildman–Crippen LogP) is 6.25. The maximum atomic E-state index is 13.8. The van der Waals surface area contributed by atoms with E-state index in [1.165, 1.54) is 48.8 Å². The number of unbranched alkanes of at least 4 members (excludes halogenated alkanes) is 5. The van der Waals surface area contributed by atoms with Crippen LogP contribution in [0.4, 0.5) is 0 Å². The summed E-state index contributed by atoms with van der Waals surface area (Å²) in [5, 5.41) is 8.68. The van der Waals surface area contributed by atoms with Gasteiger partial charge in [-0.3, -0.25) is 29.0 Å². The number of nitrogens with one attached hydrogen (secondary N) is 3. The summed E-state index contributed by atoms with van der Waals surface area (Å²) in [7, 11) is 0. The average Bonchev–Trinajstić information content (AvgIpc) is 3.83. The molecule has 67 heavy (non-hydrogen) atoms. The molecule has 3 N–H and O–H groups in total. The number of amides is 4. The van der Waals surface area contributed by atoms with Gasteiger partial charge in [-0.1, -0.05) is 79.2 Å². The van der Waals surface area contributed by atoms with Crippen molar-refractivity contribution >= 4 is 48.0 Å². The molecule has 19 heteroatoms. The van der Waals surface area contributed by atoms with Gasteiger partial charge in [-0.2, -0.15) is 5.06 Å². The fourth-order valence-electron chi connectivity index (χ4n) is 6.49. The highest BCUT2D eigenvalue weighted by atomic mass is 16.7. The Morgan fingerprint density at radius 2 is 1.46 bits per heavy atom. The summed E-state index contributed by atoms with van der Waals surface area (Å²) in [4.78, 5) is 113. The molecule has 0 spiro atoms. The SMILES string of the molecule is CCCCC[C@@H](C(=O)NCNC(=O)c1ccc(-c2ccc(C(=O)N[C@@H](CC(=O)OCCCC)C(=O)OCCCC)c(OCC(=O)OCCCC)c2)o1)[C@@H](CC)N(C=O)OC(=O)c1cccnc1. The van der Waals surface area contributed by atoms with Gasteiger partial charge in [0, 0.05) is 18.0 Å². The quantitative estimate of drug-likeness (QED) is 0.0156. The minimum atomic E-state index is -1.39. The molecule has 19 nitrogen and oxygen atoms in total. The fourth-order valence-corrected chi connectivity index (χ4v) is 6.49. The van der Waals surface area contributed by atoms with Gasteiger partial charge in [0.25, 0.3) is 11.8 Å². The number of carbonyl (C=O) groups is 8. The Hall–Kier alpha value is -6.79. The van der Waals surface area contributed by atoms with Gasteiger partial charge in [-0.15, -0.1) is 0 Å². The second-order valence-corrected chi connectivity index (χ2v) is 15.5. The first-order valence-corrected chi connectivity index (χ1v) is 23.0. The van der Waals surface area contributed by atoms with Crippen LogP contribution in [0.1, 0.15) is 143 Å². The number of carbonyl (C=O) groups excluding carboxylic acids is 8. The Morgan fingerprint density at radius 1 is 0.776 bits per heavy atom. The van der Waals surface area contributed by atoms with Gasteiger partial charge in [0.15, 0.2) is 12.4 Å². The van der Waals surface area contributed by atoms with Crippen LogP contribution in [-0.4, -0.2) is 103 Å². The van der Waals surface area contributed by atoms with E-state index >= 15 is 0 Å². The van der Waals surface area contributed by atoms with Gasteiger partial charge in [-0.05, 0) is 68.5 Å². The summed E-state index contributed by atoms with van der Waals surface area (Å²) in [5.74, 6) is -5.88. The second-order valence-electron chi connectivity index (χ2n) is 15.5. The maximum absolute atomic E-state index is 13.8. The summed E-state index contributed by atoms with van der Waals surface area (Å²) < 4.78 is 27.4. The number of hydrogen-bond donors (Lipinski definition) is 3. The zero-order chi connectivity index (χ0) is 49.0. The van der Waals surface area contributed by atoms with E-state index in [1.807, 2.05) is 27.7 Å². The molecule has 0 unspecified atom stereocenters. The molecule has 0 saturated carbocycles. The normalized spacial score (nSPS) is 12.1. The number of rotatable bonds is 32. The zero-order valence-corrected chi connectivity index (χ0v) is 39.1. The molecule has 0 aliphatic rings. The Morgan fingerprint density at radius 3 is 2.10 bits per heavy atom. The summed E-state index contributed by atoms with van der Waals surface area (Å²) in [5.41, 5.74) is 0.356. The van der Waals surface area contributed by atoms with Crippen LogP contribution in [0.25, 0.3) is 11.3 Å². The third-order valence-electron chi connectivity index (χ3n) is 10.3. The van der Waals surface area contributed by atoms with Crippen molar-refractivity contribution in [2.24, 2.45) is 5.92 Å². The van der Waals surface area contributed by atoms with Gasteiger partial charge in [0.1, 0.15) is 17.6 Å². The van der Waals surface area contributed by atoms with E-state index in [9.17, 15) is 38.4 Å². The number of nitrogens with zero attached hydrogens (tertiary/aromatic N) is 2. The first-order valence-electron chi connectivity index (χ1n) is 23.0. The minimum absolute atomic E-state index is 0.0855. The van der Waals surface area contributed by atoms with Crippen LogP contribution < -0.4 is 20.7 Å². The summed E-state index contributed by atoms with van der Waals surface area (Å²) in [6.45, 7) is 9.08. The standard InChI is InChI=1S/C48H65N5O14/c1-6-11-15-18-35(38(10-5)53(32-54)67-47(60)34-17-16-23-49-29-34)44(57)50-31-51-46(59)40-22-21-39(66-40)33-19-20-36(41(27-33)65-30-43(56)63-25-13-8-3)45(58)52-37(48(61)64-26-14-9-4)28-42(55)62-24-12-7-2/h16-17,19-23,27,29,32,35,37-38H,6-15,18,24-26,28,30-31H2,1-5H3,(H,50,57)(H,51,59)(H,52,58)/t35-,37+,38-/m1/s1. The van der Waals surface area contributed by atoms with Gasteiger partial charge in [0.05, 0.1) is 56.0 Å². The van der Waals surface area contributed by atoms with E-state index in [4.69, 9.17) is 28.2 Å². The van der Waals surface area contributed by atoms with Crippen LogP contribution in [0.3, 0.4) is 0 Å². The Bertz CT molecular complexity index is 2060. The van der Waals surface area contributed by atoms with Crippen LogP contribution in [0.2, 0.25) is 0 Å². The maximum Gasteiger partial charge on any atom is 0.364 e. The first-order chi connectivity index (χ1) is 32.4. The number of esters is 3. The van der Waals surface area contributed by atoms with Crippen LogP contribution in [0.15, 0.2) is 59.3 Å². The average molecular weight is 936 g/mol. The van der Waals surface area contributed by atoms with E-state index in [0.29, 0.717) is 44.1 Å². The molecule has 3 rings (SSSR count). The zero-order valence-electron chi connectivity index (χ0n) is 39.1. The Balaban J connectivity index is 1.79. The lowest BCUT2D eigenvalue weighted by Crippen LogP contribution is -2.49. The lowest BCUT2D eigenvalue weighted by Gasteiger charge is -2.31. The third kappa shape index (κ3) is 18.6. The summed E-state index contributed by atoms with van der Waals surface area (Å²) >= 11 is 0. The number of hydroxylamine groups is 2. The lowest BCUT2D eigenvalue weighted by molar-refractivity contribution is -0.171. The van der Waals surface area contributed by atoms with E-state index in [1.54, 1.807) is 13.0 Å². The molecular weight excluding hydrogens is 871 g/mol. The molecule has 4 amide bonds. The molecule has 3 aromatic rings. The Kier molecular flexibility index (Phi) is 24.8. The fraction of sp³-hybridized carbons (Fsp3) is 0.521. The van der Waals surface area contributed by atoms with Gasteiger partial charge in [0.2, 0.25) is 12.3 Å². The predicted molar refractivity (Wildman–Crippen MR) is 243 cm³/mol. The molecular formula is C48H65N5O14. The van der Waals surface area contributed by atoms with Crippen LogP contribution in [0.5, 0.6) is 5.75 Å². The first kappa shape index (κ1) is 54.5. The second kappa shape index (κ2) is 30.4. The molecule has 0 fully saturated rings. The third-order valence-corrected chi connectivity index (χ3v) is 10.3. The van der Waals surface area contributed by atoms with Gasteiger partial charge >= 0.3 is 23.9 Å². The van der Waals surface area contributed by atoms with Crippen LogP contribution in [0, 0.1) is 5.92 Å². The van der Waals surface area contributed by atoms with Crippen molar-refractivity contribution in [1.29, 1.82) is 0 Å². The highest BCUT2D eigenvalue weighted by Gasteiger charge is 2.34. The van der Waals surface area contributed by atoms with Crippen molar-refractivity contribution in [3.8, 4) is 17.1 Å². The van der Waals surface area contributed by atoms with Gasteiger partial charge < -0.3 is 44.2 Å². The van der Waals surface area contributed by atoms with E-state index in [0.717, 1.165) is 37.2 Å². The molecule has 0 saturated heterocycles. The van der Waals surface area contributed by atoms with Crippen molar-refractivity contribution in [2.45, 2.75) is 124 Å². The van der Waals surface area contributed by atoms with Crippen molar-refractivity contribution in [2.75, 3.05) is 33.1 Å². The minimum Gasteiger partial charge on any atom is -0.481 e. The molecule has 2 heterocycles. The molecule has 366 valence electrons. The number of pyridine rings is 1. The smallest absolute Gasteiger partial charge is 0.364 e. The highest BCUT2D eigenvalue weighted by molar-refractivity contribution is 6.00. The van der Waals surface area contributed by atoms with Gasteiger partial charge in [-0.25, -0.2) is 14.4 Å². The number of aromatic nitrogens is 1. The number of hydrogen-bond acceptors (Lipinski definition) is 15. The topological polar surface area (TPSA) is 248 Å². The number of furan rings is 1. The highest BCUT2D eigenvalue weighted by Crippen LogP contribution is 2.30. The summed E-state index contributed by atoms with van der Waals surface area (Å²) in [6, 6.07) is 7.98. The molecule has 1 aromatic carbocycles. The van der Waals surface area contributed by atoms with E-state index in [2.05, 4.69) is 20.9 Å². The molecule has 0 bridgehead atoms. The molecule has 3 atom stereocenters. The van der Waals surface area contributed by atoms with E-state index < -0.39 is 72.6 Å². The van der Waals surface area contributed by atoms with Crippen molar-refractivity contribution in [3.63, 3.8) is 0 Å². The monoisotopic (exact) mass is 935 g/mol. The molecule has 0 radical (unpaired) electrons. The molecule has 2 aromatic heterocycles. The summed E-state index contributed by atoms with van der Waals surface area (Å²) in [6.07, 6.45) is 9.80.